The van der Waals surface area contributed by atoms with Gasteiger partial charge in [0.2, 0.25) is 0 Å². The highest BCUT2D eigenvalue weighted by Crippen LogP contribution is 2.24. The number of para-hydroxylation sites is 1. The van der Waals surface area contributed by atoms with Crippen LogP contribution < -0.4 is 5.32 Å². The first-order valence-corrected chi connectivity index (χ1v) is 9.02. The molecule has 0 fully saturated rings. The van der Waals surface area contributed by atoms with Crippen LogP contribution in [0.15, 0.2) is 83.5 Å². The molecule has 0 aliphatic heterocycles. The van der Waals surface area contributed by atoms with Crippen LogP contribution in [0.1, 0.15) is 16.1 Å². The van der Waals surface area contributed by atoms with Gasteiger partial charge in [0.05, 0.1) is 5.69 Å². The van der Waals surface area contributed by atoms with Gasteiger partial charge in [0.15, 0.2) is 5.76 Å². The van der Waals surface area contributed by atoms with Gasteiger partial charge in [0, 0.05) is 29.0 Å². The van der Waals surface area contributed by atoms with Gasteiger partial charge in [-0.15, -0.1) is 0 Å². The molecule has 0 unspecified atom stereocenters. The summed E-state index contributed by atoms with van der Waals surface area (Å²) in [6.07, 6.45) is 3.99. The van der Waals surface area contributed by atoms with Crippen molar-refractivity contribution >= 4 is 28.2 Å². The average Bonchev–Trinajstić information content (AvgIpc) is 3.34. The van der Waals surface area contributed by atoms with Crippen LogP contribution in [0.2, 0.25) is 0 Å². The molecule has 3 heterocycles. The lowest BCUT2D eigenvalue weighted by Gasteiger charge is -2.04. The smallest absolute Gasteiger partial charge is 0.291 e. The number of rotatable bonds is 3. The van der Waals surface area contributed by atoms with Crippen molar-refractivity contribution < 1.29 is 9.21 Å². The molecule has 3 aromatic heterocycles. The standard InChI is InChI=1S/C23H17N3O2/c1-15-5-4-12-26-14-19(25-22(15)26)16-8-10-18(11-9-16)24-23(27)21-13-17-6-2-3-7-20(17)28-21/h2-14H,1H3,(H,24,27). The lowest BCUT2D eigenvalue weighted by Crippen LogP contribution is -2.10. The molecule has 136 valence electrons. The second-order valence-corrected chi connectivity index (χ2v) is 6.73. The van der Waals surface area contributed by atoms with Crippen molar-refractivity contribution in [3.63, 3.8) is 0 Å². The predicted octanol–water partition coefficient (Wildman–Crippen LogP) is 5.31. The van der Waals surface area contributed by atoms with Crippen molar-refractivity contribution in [1.82, 2.24) is 9.38 Å². The second-order valence-electron chi connectivity index (χ2n) is 6.73. The number of benzene rings is 2. The molecule has 1 N–H and O–H groups in total. The average molecular weight is 367 g/mol. The molecular formula is C23H17N3O2. The van der Waals surface area contributed by atoms with Crippen LogP contribution in [0.25, 0.3) is 27.9 Å². The fourth-order valence-electron chi connectivity index (χ4n) is 3.30. The number of hydrogen-bond donors (Lipinski definition) is 1. The van der Waals surface area contributed by atoms with Gasteiger partial charge in [-0.1, -0.05) is 36.4 Å². The number of pyridine rings is 1. The number of carbonyl (C=O) groups excluding carboxylic acids is 1. The van der Waals surface area contributed by atoms with Gasteiger partial charge in [0.25, 0.3) is 5.91 Å². The van der Waals surface area contributed by atoms with Gasteiger partial charge >= 0.3 is 0 Å². The Morgan fingerprint density at radius 2 is 1.86 bits per heavy atom. The van der Waals surface area contributed by atoms with E-state index in [0.717, 1.165) is 27.9 Å². The van der Waals surface area contributed by atoms with E-state index in [0.29, 0.717) is 17.0 Å². The first-order valence-electron chi connectivity index (χ1n) is 9.02. The summed E-state index contributed by atoms with van der Waals surface area (Å²) < 4.78 is 7.63. The minimum Gasteiger partial charge on any atom is -0.451 e. The van der Waals surface area contributed by atoms with Crippen molar-refractivity contribution in [3.8, 4) is 11.3 Å². The number of carbonyl (C=O) groups is 1. The van der Waals surface area contributed by atoms with Gasteiger partial charge in [-0.2, -0.15) is 0 Å². The van der Waals surface area contributed by atoms with Crippen LogP contribution in [0.4, 0.5) is 5.69 Å². The van der Waals surface area contributed by atoms with Crippen LogP contribution in [-0.4, -0.2) is 15.3 Å². The number of furan rings is 1. The maximum absolute atomic E-state index is 12.5. The number of anilines is 1. The number of aromatic nitrogens is 2. The van der Waals surface area contributed by atoms with Gasteiger partial charge in [-0.3, -0.25) is 4.79 Å². The zero-order valence-electron chi connectivity index (χ0n) is 15.2. The Morgan fingerprint density at radius 1 is 1.04 bits per heavy atom. The molecule has 0 saturated carbocycles. The van der Waals surface area contributed by atoms with E-state index in [4.69, 9.17) is 9.40 Å². The molecule has 0 spiro atoms. The van der Waals surface area contributed by atoms with E-state index in [1.165, 1.54) is 0 Å². The summed E-state index contributed by atoms with van der Waals surface area (Å²) in [5, 5.41) is 3.78. The fourth-order valence-corrected chi connectivity index (χ4v) is 3.30. The molecule has 0 aliphatic rings. The highest BCUT2D eigenvalue weighted by molar-refractivity contribution is 6.04. The Balaban J connectivity index is 1.38. The Morgan fingerprint density at radius 3 is 2.64 bits per heavy atom. The normalized spacial score (nSPS) is 11.2. The Kier molecular flexibility index (Phi) is 3.72. The van der Waals surface area contributed by atoms with Crippen LogP contribution in [0, 0.1) is 6.92 Å². The molecule has 0 atom stereocenters. The van der Waals surface area contributed by atoms with Gasteiger partial charge < -0.3 is 14.1 Å². The molecule has 28 heavy (non-hydrogen) atoms. The van der Waals surface area contributed by atoms with Crippen molar-refractivity contribution in [2.45, 2.75) is 6.92 Å². The second kappa shape index (κ2) is 6.39. The predicted molar refractivity (Wildman–Crippen MR) is 110 cm³/mol. The third kappa shape index (κ3) is 2.83. The first kappa shape index (κ1) is 16.3. The molecule has 0 saturated heterocycles. The molecule has 5 nitrogen and oxygen atoms in total. The van der Waals surface area contributed by atoms with Crippen molar-refractivity contribution in [3.05, 3.63) is 90.4 Å². The molecule has 5 heteroatoms. The van der Waals surface area contributed by atoms with Crippen molar-refractivity contribution in [2.75, 3.05) is 5.32 Å². The van der Waals surface area contributed by atoms with E-state index in [9.17, 15) is 4.79 Å². The monoisotopic (exact) mass is 367 g/mol. The third-order valence-corrected chi connectivity index (χ3v) is 4.77. The molecule has 1 amide bonds. The molecular weight excluding hydrogens is 350 g/mol. The van der Waals surface area contributed by atoms with Crippen molar-refractivity contribution in [2.24, 2.45) is 0 Å². The molecule has 0 radical (unpaired) electrons. The van der Waals surface area contributed by atoms with Gasteiger partial charge in [0.1, 0.15) is 11.2 Å². The number of nitrogens with zero attached hydrogens (tertiary/aromatic N) is 2. The summed E-state index contributed by atoms with van der Waals surface area (Å²) >= 11 is 0. The Labute approximate surface area is 161 Å². The van der Waals surface area contributed by atoms with Crippen LogP contribution in [-0.2, 0) is 0 Å². The maximum Gasteiger partial charge on any atom is 0.291 e. The maximum atomic E-state index is 12.5. The molecule has 5 aromatic rings. The highest BCUT2D eigenvalue weighted by Gasteiger charge is 2.13. The minimum atomic E-state index is -0.271. The Bertz CT molecular complexity index is 1280. The summed E-state index contributed by atoms with van der Waals surface area (Å²) in [4.78, 5) is 17.2. The number of amides is 1. The highest BCUT2D eigenvalue weighted by atomic mass is 16.3. The van der Waals surface area contributed by atoms with E-state index < -0.39 is 0 Å². The van der Waals surface area contributed by atoms with Crippen molar-refractivity contribution in [1.29, 1.82) is 0 Å². The number of fused-ring (bicyclic) bond motifs is 2. The SMILES string of the molecule is Cc1cccn2cc(-c3ccc(NC(=O)c4cc5ccccc5o4)cc3)nc12. The van der Waals surface area contributed by atoms with Crippen LogP contribution >= 0.6 is 0 Å². The lowest BCUT2D eigenvalue weighted by atomic mass is 10.1. The number of nitrogens with one attached hydrogen (secondary N) is 1. The number of aryl methyl sites for hydroxylation is 1. The molecule has 2 aromatic carbocycles. The topological polar surface area (TPSA) is 59.5 Å². The quantitative estimate of drug-likeness (QED) is 0.470. The summed E-state index contributed by atoms with van der Waals surface area (Å²) in [5.41, 5.74) is 5.36. The number of hydrogen-bond acceptors (Lipinski definition) is 3. The Hall–Kier alpha value is -3.86. The van der Waals surface area contributed by atoms with E-state index in [2.05, 4.69) is 5.32 Å². The summed E-state index contributed by atoms with van der Waals surface area (Å²) in [7, 11) is 0. The minimum absolute atomic E-state index is 0.271. The van der Waals surface area contributed by atoms with E-state index >= 15 is 0 Å². The van der Waals surface area contributed by atoms with Crippen LogP contribution in [0.3, 0.4) is 0 Å². The van der Waals surface area contributed by atoms with E-state index in [1.807, 2.05) is 84.4 Å². The summed E-state index contributed by atoms with van der Waals surface area (Å²) in [5.74, 6) is 0.0217. The fraction of sp³-hybridized carbons (Fsp3) is 0.0435. The van der Waals surface area contributed by atoms with Gasteiger partial charge in [-0.25, -0.2) is 4.98 Å². The largest absolute Gasteiger partial charge is 0.451 e. The summed E-state index contributed by atoms with van der Waals surface area (Å²) in [6.45, 7) is 2.04. The molecule has 0 bridgehead atoms. The van der Waals surface area contributed by atoms with E-state index in [-0.39, 0.29) is 5.91 Å². The first-order chi connectivity index (χ1) is 13.7. The number of imidazole rings is 1. The van der Waals surface area contributed by atoms with Crippen LogP contribution in [0.5, 0.6) is 0 Å². The third-order valence-electron chi connectivity index (χ3n) is 4.77. The lowest BCUT2D eigenvalue weighted by molar-refractivity contribution is 0.0998. The van der Waals surface area contributed by atoms with E-state index in [1.54, 1.807) is 6.07 Å². The summed E-state index contributed by atoms with van der Waals surface area (Å²) in [6, 6.07) is 21.0. The zero-order valence-corrected chi connectivity index (χ0v) is 15.2. The van der Waals surface area contributed by atoms with Gasteiger partial charge in [-0.05, 0) is 42.8 Å². The zero-order chi connectivity index (χ0) is 19.1. The molecule has 5 rings (SSSR count). The molecule has 0 aliphatic carbocycles.